The topological polar surface area (TPSA) is 12.0 Å². The van der Waals surface area contributed by atoms with Gasteiger partial charge in [0, 0.05) is 16.2 Å². The van der Waals surface area contributed by atoms with Crippen LogP contribution in [0, 0.1) is 6.92 Å². The SMILES string of the molecule is Cc1ccc(Br)c(NC2CC(c3ccccc3)C2)c1. The van der Waals surface area contributed by atoms with Crippen molar-refractivity contribution in [2.45, 2.75) is 31.7 Å². The van der Waals surface area contributed by atoms with Gasteiger partial charge in [-0.25, -0.2) is 0 Å². The highest BCUT2D eigenvalue weighted by Crippen LogP contribution is 2.39. The Morgan fingerprint density at radius 1 is 1.05 bits per heavy atom. The first kappa shape index (κ1) is 12.7. The van der Waals surface area contributed by atoms with Gasteiger partial charge in [-0.15, -0.1) is 0 Å². The molecule has 19 heavy (non-hydrogen) atoms. The summed E-state index contributed by atoms with van der Waals surface area (Å²) in [5.41, 5.74) is 3.99. The monoisotopic (exact) mass is 315 g/mol. The maximum atomic E-state index is 3.64. The van der Waals surface area contributed by atoms with Crippen LogP contribution in [0.2, 0.25) is 0 Å². The highest BCUT2D eigenvalue weighted by Gasteiger charge is 2.30. The zero-order valence-electron chi connectivity index (χ0n) is 11.1. The summed E-state index contributed by atoms with van der Waals surface area (Å²) < 4.78 is 1.15. The van der Waals surface area contributed by atoms with Gasteiger partial charge in [-0.3, -0.25) is 0 Å². The Kier molecular flexibility index (Phi) is 3.61. The molecule has 3 rings (SSSR count). The number of benzene rings is 2. The lowest BCUT2D eigenvalue weighted by molar-refractivity contribution is 0.374. The lowest BCUT2D eigenvalue weighted by Crippen LogP contribution is -2.34. The Labute approximate surface area is 123 Å². The highest BCUT2D eigenvalue weighted by atomic mass is 79.9. The van der Waals surface area contributed by atoms with Crippen LogP contribution in [0.5, 0.6) is 0 Å². The summed E-state index contributed by atoms with van der Waals surface area (Å²) >= 11 is 3.61. The fourth-order valence-electron chi connectivity index (χ4n) is 2.70. The van der Waals surface area contributed by atoms with E-state index in [1.54, 1.807) is 0 Å². The van der Waals surface area contributed by atoms with Crippen molar-refractivity contribution in [3.8, 4) is 0 Å². The molecular weight excluding hydrogens is 298 g/mol. The maximum absolute atomic E-state index is 3.64. The Balaban J connectivity index is 1.61. The lowest BCUT2D eigenvalue weighted by atomic mass is 9.76. The molecule has 0 amide bonds. The number of anilines is 1. The number of hydrogen-bond donors (Lipinski definition) is 1. The van der Waals surface area contributed by atoms with Crippen molar-refractivity contribution in [2.75, 3.05) is 5.32 Å². The van der Waals surface area contributed by atoms with E-state index in [2.05, 4.69) is 76.7 Å². The minimum absolute atomic E-state index is 0.600. The average Bonchev–Trinajstić information content (AvgIpc) is 2.38. The van der Waals surface area contributed by atoms with Crippen LogP contribution in [0.3, 0.4) is 0 Å². The van der Waals surface area contributed by atoms with E-state index in [1.807, 2.05) is 0 Å². The number of hydrogen-bond acceptors (Lipinski definition) is 1. The molecule has 1 nitrogen and oxygen atoms in total. The van der Waals surface area contributed by atoms with Gasteiger partial charge in [-0.1, -0.05) is 36.4 Å². The van der Waals surface area contributed by atoms with E-state index in [4.69, 9.17) is 0 Å². The van der Waals surface area contributed by atoms with Crippen LogP contribution in [-0.2, 0) is 0 Å². The molecule has 0 unspecified atom stereocenters. The second-order valence-corrected chi connectivity index (χ2v) is 6.26. The number of aryl methyl sites for hydroxylation is 1. The average molecular weight is 316 g/mol. The van der Waals surface area contributed by atoms with Crippen LogP contribution in [-0.4, -0.2) is 6.04 Å². The quantitative estimate of drug-likeness (QED) is 0.829. The zero-order chi connectivity index (χ0) is 13.2. The minimum atomic E-state index is 0.600. The van der Waals surface area contributed by atoms with Crippen LogP contribution in [0.25, 0.3) is 0 Å². The smallest absolute Gasteiger partial charge is 0.0489 e. The second-order valence-electron chi connectivity index (χ2n) is 5.40. The largest absolute Gasteiger partial charge is 0.381 e. The molecule has 0 aliphatic heterocycles. The van der Waals surface area contributed by atoms with E-state index in [-0.39, 0.29) is 0 Å². The lowest BCUT2D eigenvalue weighted by Gasteiger charge is -2.37. The summed E-state index contributed by atoms with van der Waals surface area (Å²) in [4.78, 5) is 0. The van der Waals surface area contributed by atoms with Gasteiger partial charge in [0.1, 0.15) is 0 Å². The summed E-state index contributed by atoms with van der Waals surface area (Å²) in [7, 11) is 0. The molecule has 0 atom stereocenters. The third-order valence-corrected chi connectivity index (χ3v) is 4.58. The van der Waals surface area contributed by atoms with Gasteiger partial charge >= 0.3 is 0 Å². The molecule has 0 spiro atoms. The molecule has 98 valence electrons. The molecule has 0 radical (unpaired) electrons. The van der Waals surface area contributed by atoms with Crippen molar-refractivity contribution in [1.29, 1.82) is 0 Å². The van der Waals surface area contributed by atoms with Gasteiger partial charge < -0.3 is 5.32 Å². The molecular formula is C17H18BrN. The summed E-state index contributed by atoms with van der Waals surface area (Å²) in [5.74, 6) is 0.724. The third-order valence-electron chi connectivity index (χ3n) is 3.89. The molecule has 0 saturated heterocycles. The molecule has 2 aromatic rings. The van der Waals surface area contributed by atoms with Crippen LogP contribution in [0.1, 0.15) is 29.9 Å². The number of rotatable bonds is 3. The van der Waals surface area contributed by atoms with Gasteiger partial charge in [-0.05, 0) is 64.9 Å². The van der Waals surface area contributed by atoms with Crippen molar-refractivity contribution in [2.24, 2.45) is 0 Å². The number of halogens is 1. The first-order valence-electron chi connectivity index (χ1n) is 6.80. The van der Waals surface area contributed by atoms with Crippen molar-refractivity contribution in [3.63, 3.8) is 0 Å². The predicted octanol–water partition coefficient (Wildman–Crippen LogP) is 5.12. The Morgan fingerprint density at radius 3 is 2.53 bits per heavy atom. The first-order valence-corrected chi connectivity index (χ1v) is 7.59. The van der Waals surface area contributed by atoms with Gasteiger partial charge in [-0.2, -0.15) is 0 Å². The van der Waals surface area contributed by atoms with Gasteiger partial charge in [0.25, 0.3) is 0 Å². The van der Waals surface area contributed by atoms with E-state index in [1.165, 1.54) is 29.7 Å². The Hall–Kier alpha value is -1.28. The van der Waals surface area contributed by atoms with Crippen LogP contribution < -0.4 is 5.32 Å². The van der Waals surface area contributed by atoms with Gasteiger partial charge in [0.05, 0.1) is 0 Å². The van der Waals surface area contributed by atoms with Crippen molar-refractivity contribution in [1.82, 2.24) is 0 Å². The molecule has 0 aromatic heterocycles. The van der Waals surface area contributed by atoms with Crippen molar-refractivity contribution >= 4 is 21.6 Å². The van der Waals surface area contributed by atoms with E-state index in [0.717, 1.165) is 10.4 Å². The van der Waals surface area contributed by atoms with Crippen molar-refractivity contribution in [3.05, 3.63) is 64.1 Å². The second kappa shape index (κ2) is 5.38. The molecule has 2 aromatic carbocycles. The molecule has 1 saturated carbocycles. The predicted molar refractivity (Wildman–Crippen MR) is 84.7 cm³/mol. The number of nitrogens with one attached hydrogen (secondary N) is 1. The van der Waals surface area contributed by atoms with Crippen LogP contribution in [0.4, 0.5) is 5.69 Å². The Morgan fingerprint density at radius 2 is 1.79 bits per heavy atom. The molecule has 1 fully saturated rings. The van der Waals surface area contributed by atoms with E-state index < -0.39 is 0 Å². The van der Waals surface area contributed by atoms with Crippen LogP contribution in [0.15, 0.2) is 53.0 Å². The molecule has 1 aliphatic rings. The molecule has 0 heterocycles. The fourth-order valence-corrected chi connectivity index (χ4v) is 3.06. The van der Waals surface area contributed by atoms with Crippen molar-refractivity contribution < 1.29 is 0 Å². The summed E-state index contributed by atoms with van der Waals surface area (Å²) in [6.45, 7) is 2.13. The summed E-state index contributed by atoms with van der Waals surface area (Å²) in [6.07, 6.45) is 2.45. The van der Waals surface area contributed by atoms with E-state index in [0.29, 0.717) is 6.04 Å². The first-order chi connectivity index (χ1) is 9.22. The highest BCUT2D eigenvalue weighted by molar-refractivity contribution is 9.10. The normalized spacial score (nSPS) is 21.8. The molecule has 1 aliphatic carbocycles. The van der Waals surface area contributed by atoms with Gasteiger partial charge in [0.2, 0.25) is 0 Å². The van der Waals surface area contributed by atoms with E-state index >= 15 is 0 Å². The maximum Gasteiger partial charge on any atom is 0.0489 e. The van der Waals surface area contributed by atoms with Gasteiger partial charge in [0.15, 0.2) is 0 Å². The summed E-state index contributed by atoms with van der Waals surface area (Å²) in [5, 5.41) is 3.64. The fraction of sp³-hybridized carbons (Fsp3) is 0.294. The zero-order valence-corrected chi connectivity index (χ0v) is 12.7. The minimum Gasteiger partial charge on any atom is -0.381 e. The molecule has 1 N–H and O–H groups in total. The van der Waals surface area contributed by atoms with E-state index in [9.17, 15) is 0 Å². The molecule has 2 heteroatoms. The standard InChI is InChI=1S/C17H18BrN/c1-12-7-8-16(18)17(9-12)19-15-10-14(11-15)13-5-3-2-4-6-13/h2-9,14-15,19H,10-11H2,1H3. The third kappa shape index (κ3) is 2.84. The summed E-state index contributed by atoms with van der Waals surface area (Å²) in [6, 6.07) is 17.9. The molecule has 0 bridgehead atoms. The Bertz CT molecular complexity index is 559. The van der Waals surface area contributed by atoms with Crippen LogP contribution >= 0.6 is 15.9 Å².